The maximum absolute atomic E-state index is 11.1. The van der Waals surface area contributed by atoms with Crippen LogP contribution in [-0.4, -0.2) is 17.8 Å². The number of carbonyl (C=O) groups is 2. The van der Waals surface area contributed by atoms with Gasteiger partial charge in [-0.2, -0.15) is 0 Å². The third-order valence-electron chi connectivity index (χ3n) is 1.29. The fourth-order valence-electron chi connectivity index (χ4n) is 0.563. The molecule has 15 heavy (non-hydrogen) atoms. The van der Waals surface area contributed by atoms with Crippen LogP contribution in [0.25, 0.3) is 0 Å². The molecule has 84 valence electrons. The molecular weight excluding hydrogens is 198 g/mol. The van der Waals surface area contributed by atoms with Gasteiger partial charge in [0.15, 0.2) is 0 Å². The van der Waals surface area contributed by atoms with E-state index in [1.807, 2.05) is 0 Å². The summed E-state index contributed by atoms with van der Waals surface area (Å²) in [7, 11) is 0. The van der Waals surface area contributed by atoms with Crippen molar-refractivity contribution in [3.05, 3.63) is 24.3 Å². The quantitative estimate of drug-likeness (QED) is 0.425. The van der Waals surface area contributed by atoms with Gasteiger partial charge in [0, 0.05) is 18.1 Å². The Morgan fingerprint density at radius 3 is 1.53 bits per heavy atom. The Balaban J connectivity index is 4.43. The Hall–Kier alpha value is -1.62. The molecule has 0 rings (SSSR count). The van der Waals surface area contributed by atoms with Crippen molar-refractivity contribution in [3.8, 4) is 0 Å². The highest BCUT2D eigenvalue weighted by Crippen LogP contribution is 2.10. The zero-order valence-electron chi connectivity index (χ0n) is 9.12. The number of ether oxygens (including phenoxy) is 2. The highest BCUT2D eigenvalue weighted by atomic mass is 16.7. The Morgan fingerprint density at radius 1 is 1.07 bits per heavy atom. The first-order chi connectivity index (χ1) is 6.65. The monoisotopic (exact) mass is 213 g/mol. The predicted octanol–water partition coefficient (Wildman–Crippen LogP) is 0.857. The minimum absolute atomic E-state index is 0.165. The lowest BCUT2D eigenvalue weighted by Gasteiger charge is -2.24. The molecule has 0 aliphatic rings. The predicted molar refractivity (Wildman–Crippen MR) is 54.4 cm³/mol. The number of hydrogen-bond acceptors (Lipinski definition) is 5. The summed E-state index contributed by atoms with van der Waals surface area (Å²) in [4.78, 5) is 22.2. The normalized spacial score (nSPS) is 10.4. The lowest BCUT2D eigenvalue weighted by molar-refractivity contribution is -0.215. The van der Waals surface area contributed by atoms with E-state index >= 15 is 0 Å². The van der Waals surface area contributed by atoms with Crippen LogP contribution in [0, 0.1) is 0 Å². The van der Waals surface area contributed by atoms with Crippen LogP contribution in [-0.2, 0) is 19.1 Å². The summed E-state index contributed by atoms with van der Waals surface area (Å²) in [5.41, 5.74) is 5.76. The van der Waals surface area contributed by atoms with Gasteiger partial charge in [-0.1, -0.05) is 13.2 Å². The lowest BCUT2D eigenvalue weighted by atomic mass is 10.3. The molecule has 0 aliphatic heterocycles. The van der Waals surface area contributed by atoms with Crippen molar-refractivity contribution < 1.29 is 19.1 Å². The maximum Gasteiger partial charge on any atom is 0.337 e. The molecule has 0 saturated carbocycles. The summed E-state index contributed by atoms with van der Waals surface area (Å²) >= 11 is 0. The summed E-state index contributed by atoms with van der Waals surface area (Å²) in [5, 5.41) is 0. The van der Waals surface area contributed by atoms with Crippen LogP contribution in [0.15, 0.2) is 24.3 Å². The minimum atomic E-state index is -1.81. The van der Waals surface area contributed by atoms with E-state index in [0.29, 0.717) is 0 Å². The van der Waals surface area contributed by atoms with Crippen molar-refractivity contribution in [1.82, 2.24) is 0 Å². The zero-order valence-corrected chi connectivity index (χ0v) is 9.12. The molecule has 0 fully saturated rings. The molecule has 5 nitrogen and oxygen atoms in total. The molecule has 0 aliphatic carbocycles. The molecule has 0 bridgehead atoms. The van der Waals surface area contributed by atoms with E-state index in [2.05, 4.69) is 22.6 Å². The third kappa shape index (κ3) is 4.97. The maximum atomic E-state index is 11.1. The van der Waals surface area contributed by atoms with E-state index in [-0.39, 0.29) is 11.1 Å². The molecule has 5 heteroatoms. The van der Waals surface area contributed by atoms with E-state index in [9.17, 15) is 9.59 Å². The largest absolute Gasteiger partial charge is 0.406 e. The number of rotatable bonds is 4. The van der Waals surface area contributed by atoms with Gasteiger partial charge in [-0.15, -0.1) is 0 Å². The lowest BCUT2D eigenvalue weighted by Crippen LogP contribution is -2.46. The average Bonchev–Trinajstić information content (AvgIpc) is 2.01. The minimum Gasteiger partial charge on any atom is -0.406 e. The van der Waals surface area contributed by atoms with Crippen molar-refractivity contribution >= 4 is 11.9 Å². The molecule has 0 aromatic heterocycles. The molecule has 0 atom stereocenters. The van der Waals surface area contributed by atoms with Gasteiger partial charge in [0.1, 0.15) is 0 Å². The molecule has 0 radical (unpaired) electrons. The van der Waals surface area contributed by atoms with Gasteiger partial charge < -0.3 is 9.47 Å². The fraction of sp³-hybridized carbons (Fsp3) is 0.400. The summed E-state index contributed by atoms with van der Waals surface area (Å²) in [6.45, 7) is 10.9. The van der Waals surface area contributed by atoms with Crippen LogP contribution in [0.5, 0.6) is 0 Å². The molecule has 0 amide bonds. The van der Waals surface area contributed by atoms with Gasteiger partial charge in [-0.3, -0.25) is 5.73 Å². The molecular formula is C10H15NO4. The molecule has 0 saturated heterocycles. The molecule has 0 unspecified atom stereocenters. The first-order valence-electron chi connectivity index (χ1n) is 4.22. The van der Waals surface area contributed by atoms with E-state index in [4.69, 9.17) is 5.73 Å². The van der Waals surface area contributed by atoms with Crippen LogP contribution >= 0.6 is 0 Å². The van der Waals surface area contributed by atoms with Gasteiger partial charge >= 0.3 is 17.8 Å². The van der Waals surface area contributed by atoms with Crippen molar-refractivity contribution in [3.63, 3.8) is 0 Å². The highest BCUT2D eigenvalue weighted by Gasteiger charge is 2.28. The Bertz CT molecular complexity index is 287. The van der Waals surface area contributed by atoms with Crippen LogP contribution in [0.4, 0.5) is 0 Å². The number of nitrogens with two attached hydrogens (primary N) is 1. The Labute approximate surface area is 88.5 Å². The standard InChI is InChI=1S/C10H15NO4/c1-6(2)8(12)14-10(5,11)15-9(13)7(3)4/h1,3,11H2,2,4-5H3. The third-order valence-corrected chi connectivity index (χ3v) is 1.29. The van der Waals surface area contributed by atoms with E-state index in [1.165, 1.54) is 20.8 Å². The van der Waals surface area contributed by atoms with E-state index in [0.717, 1.165) is 0 Å². The highest BCUT2D eigenvalue weighted by molar-refractivity contribution is 5.88. The molecule has 0 spiro atoms. The Kier molecular flexibility index (Phi) is 4.23. The zero-order chi connectivity index (χ0) is 12.2. The number of hydrogen-bond donors (Lipinski definition) is 1. The second-order valence-corrected chi connectivity index (χ2v) is 3.36. The van der Waals surface area contributed by atoms with Gasteiger partial charge in [-0.05, 0) is 13.8 Å². The van der Waals surface area contributed by atoms with E-state index < -0.39 is 17.8 Å². The number of esters is 2. The average molecular weight is 213 g/mol. The van der Waals surface area contributed by atoms with Gasteiger partial charge in [-0.25, -0.2) is 9.59 Å². The molecule has 2 N–H and O–H groups in total. The van der Waals surface area contributed by atoms with Crippen molar-refractivity contribution in [1.29, 1.82) is 0 Å². The van der Waals surface area contributed by atoms with Gasteiger partial charge in [0.2, 0.25) is 0 Å². The van der Waals surface area contributed by atoms with Crippen LogP contribution in [0.3, 0.4) is 0 Å². The second kappa shape index (κ2) is 4.75. The topological polar surface area (TPSA) is 78.6 Å². The fourth-order valence-corrected chi connectivity index (χ4v) is 0.563. The first kappa shape index (κ1) is 13.4. The summed E-state index contributed by atoms with van der Waals surface area (Å²) < 4.78 is 9.35. The summed E-state index contributed by atoms with van der Waals surface area (Å²) in [6.07, 6.45) is 0. The van der Waals surface area contributed by atoms with Gasteiger partial charge in [0.05, 0.1) is 0 Å². The van der Waals surface area contributed by atoms with Crippen LogP contribution in [0.2, 0.25) is 0 Å². The SMILES string of the molecule is C=C(C)C(=O)OC(C)(N)OC(=O)C(=C)C. The number of carbonyl (C=O) groups excluding carboxylic acids is 2. The van der Waals surface area contributed by atoms with Crippen molar-refractivity contribution in [2.24, 2.45) is 5.73 Å². The molecule has 0 heterocycles. The second-order valence-electron chi connectivity index (χ2n) is 3.36. The van der Waals surface area contributed by atoms with Gasteiger partial charge in [0.25, 0.3) is 0 Å². The molecule has 0 aromatic carbocycles. The van der Waals surface area contributed by atoms with Crippen LogP contribution < -0.4 is 5.73 Å². The summed E-state index contributed by atoms with van der Waals surface area (Å²) in [6, 6.07) is 0. The van der Waals surface area contributed by atoms with Crippen LogP contribution in [0.1, 0.15) is 20.8 Å². The molecule has 0 aromatic rings. The van der Waals surface area contributed by atoms with Crippen molar-refractivity contribution in [2.45, 2.75) is 26.7 Å². The first-order valence-corrected chi connectivity index (χ1v) is 4.22. The van der Waals surface area contributed by atoms with Crippen molar-refractivity contribution in [2.75, 3.05) is 0 Å². The Morgan fingerprint density at radius 2 is 1.33 bits per heavy atom. The smallest absolute Gasteiger partial charge is 0.337 e. The van der Waals surface area contributed by atoms with E-state index in [1.54, 1.807) is 0 Å². The summed E-state index contributed by atoms with van der Waals surface area (Å²) in [5.74, 6) is -3.27.